The molecule has 1 N–H and O–H groups in total. The second-order valence-electron chi connectivity index (χ2n) is 5.25. The summed E-state index contributed by atoms with van der Waals surface area (Å²) in [5.41, 5.74) is 0. The van der Waals surface area contributed by atoms with Gasteiger partial charge < -0.3 is 10.2 Å². The first-order valence-corrected chi connectivity index (χ1v) is 6.87. The topological polar surface area (TPSA) is 42.3 Å². The summed E-state index contributed by atoms with van der Waals surface area (Å²) in [5.74, 6) is 0. The average molecular weight is 236 g/mol. The summed E-state index contributed by atoms with van der Waals surface area (Å²) < 4.78 is 0. The molecule has 2 aliphatic rings. The molecule has 2 atom stereocenters. The monoisotopic (exact) mass is 236 g/mol. The lowest BCUT2D eigenvalue weighted by molar-refractivity contribution is 0.230. The first-order valence-electron chi connectivity index (χ1n) is 6.87. The molecule has 2 saturated heterocycles. The largest absolute Gasteiger partial charge is 0.305 e. The maximum Gasteiger partial charge on any atom is 0.0962 e. The lowest BCUT2D eigenvalue weighted by Gasteiger charge is -2.24. The van der Waals surface area contributed by atoms with Crippen LogP contribution in [-0.2, 0) is 0 Å². The van der Waals surface area contributed by atoms with Crippen LogP contribution in [0.3, 0.4) is 0 Å². The minimum Gasteiger partial charge on any atom is -0.305 e. The van der Waals surface area contributed by atoms with Crippen molar-refractivity contribution < 1.29 is 0 Å². The Bertz CT molecular complexity index is 267. The zero-order chi connectivity index (χ0) is 12.1. The Kier molecular flexibility index (Phi) is 4.78. The zero-order valence-electron chi connectivity index (χ0n) is 10.9. The molecule has 96 valence electrons. The van der Waals surface area contributed by atoms with Gasteiger partial charge in [-0.05, 0) is 52.4 Å². The highest BCUT2D eigenvalue weighted by Crippen LogP contribution is 2.20. The molecule has 0 bridgehead atoms. The summed E-state index contributed by atoms with van der Waals surface area (Å²) in [4.78, 5) is 5.17. The molecule has 2 heterocycles. The summed E-state index contributed by atoms with van der Waals surface area (Å²) in [5, 5.41) is 11.9. The Labute approximate surface area is 105 Å². The number of rotatable bonds is 5. The number of nitrogens with zero attached hydrogens (tertiary/aromatic N) is 3. The SMILES string of the molecule is CNC(C#N)CCN1CCC(N2CCCC2)C1. The molecule has 0 aromatic rings. The van der Waals surface area contributed by atoms with Gasteiger partial charge in [-0.3, -0.25) is 4.90 Å². The summed E-state index contributed by atoms with van der Waals surface area (Å²) in [7, 11) is 1.87. The van der Waals surface area contributed by atoms with Crippen LogP contribution in [0.4, 0.5) is 0 Å². The predicted molar refractivity (Wildman–Crippen MR) is 68.7 cm³/mol. The second-order valence-corrected chi connectivity index (χ2v) is 5.25. The third kappa shape index (κ3) is 3.41. The van der Waals surface area contributed by atoms with E-state index in [4.69, 9.17) is 5.26 Å². The van der Waals surface area contributed by atoms with Crippen molar-refractivity contribution in [2.45, 2.75) is 37.8 Å². The molecule has 2 unspecified atom stereocenters. The van der Waals surface area contributed by atoms with Gasteiger partial charge in [0.05, 0.1) is 12.1 Å². The molecule has 4 heteroatoms. The molecule has 17 heavy (non-hydrogen) atoms. The third-order valence-corrected chi connectivity index (χ3v) is 4.14. The van der Waals surface area contributed by atoms with Gasteiger partial charge in [-0.1, -0.05) is 0 Å². The summed E-state index contributed by atoms with van der Waals surface area (Å²) >= 11 is 0. The normalized spacial score (nSPS) is 28.4. The van der Waals surface area contributed by atoms with Crippen LogP contribution in [-0.4, -0.2) is 61.7 Å². The van der Waals surface area contributed by atoms with E-state index >= 15 is 0 Å². The molecule has 4 nitrogen and oxygen atoms in total. The van der Waals surface area contributed by atoms with Gasteiger partial charge in [-0.2, -0.15) is 5.26 Å². The summed E-state index contributed by atoms with van der Waals surface area (Å²) in [6, 6.07) is 3.09. The van der Waals surface area contributed by atoms with E-state index < -0.39 is 0 Å². The Morgan fingerprint density at radius 3 is 2.76 bits per heavy atom. The van der Waals surface area contributed by atoms with Crippen LogP contribution in [0.2, 0.25) is 0 Å². The van der Waals surface area contributed by atoms with Crippen LogP contribution < -0.4 is 5.32 Å². The summed E-state index contributed by atoms with van der Waals surface area (Å²) in [6.07, 6.45) is 5.02. The van der Waals surface area contributed by atoms with Crippen molar-refractivity contribution in [2.24, 2.45) is 0 Å². The van der Waals surface area contributed by atoms with E-state index in [2.05, 4.69) is 21.2 Å². The highest BCUT2D eigenvalue weighted by atomic mass is 15.3. The fraction of sp³-hybridized carbons (Fsp3) is 0.923. The van der Waals surface area contributed by atoms with Crippen molar-refractivity contribution >= 4 is 0 Å². The van der Waals surface area contributed by atoms with Gasteiger partial charge in [-0.25, -0.2) is 0 Å². The molecule has 0 aliphatic carbocycles. The predicted octanol–water partition coefficient (Wildman–Crippen LogP) is 0.658. The zero-order valence-corrected chi connectivity index (χ0v) is 10.9. The molecule has 0 spiro atoms. The van der Waals surface area contributed by atoms with E-state index in [1.165, 1.54) is 45.4 Å². The number of hydrogen-bond donors (Lipinski definition) is 1. The lowest BCUT2D eigenvalue weighted by atomic mass is 10.2. The van der Waals surface area contributed by atoms with E-state index in [1.54, 1.807) is 0 Å². The van der Waals surface area contributed by atoms with Gasteiger partial charge in [0.25, 0.3) is 0 Å². The maximum absolute atomic E-state index is 8.89. The number of nitrogens with one attached hydrogen (secondary N) is 1. The van der Waals surface area contributed by atoms with Gasteiger partial charge in [0.2, 0.25) is 0 Å². The first-order chi connectivity index (χ1) is 8.33. The molecule has 2 rings (SSSR count). The smallest absolute Gasteiger partial charge is 0.0962 e. The molecular weight excluding hydrogens is 212 g/mol. The van der Waals surface area contributed by atoms with Crippen molar-refractivity contribution in [3.05, 3.63) is 0 Å². The van der Waals surface area contributed by atoms with Crippen molar-refractivity contribution in [3.63, 3.8) is 0 Å². The van der Waals surface area contributed by atoms with Crippen molar-refractivity contribution in [2.75, 3.05) is 39.8 Å². The number of nitriles is 1. The van der Waals surface area contributed by atoms with Gasteiger partial charge in [0, 0.05) is 19.1 Å². The van der Waals surface area contributed by atoms with Crippen LogP contribution in [0.5, 0.6) is 0 Å². The third-order valence-electron chi connectivity index (χ3n) is 4.14. The Balaban J connectivity index is 1.69. The fourth-order valence-electron chi connectivity index (χ4n) is 3.01. The van der Waals surface area contributed by atoms with Gasteiger partial charge in [-0.15, -0.1) is 0 Å². The number of likely N-dealkylation sites (tertiary alicyclic amines) is 2. The molecule has 0 aromatic heterocycles. The van der Waals surface area contributed by atoms with Gasteiger partial charge in [0.15, 0.2) is 0 Å². The highest BCUT2D eigenvalue weighted by Gasteiger charge is 2.28. The van der Waals surface area contributed by atoms with Crippen LogP contribution in [0.15, 0.2) is 0 Å². The Morgan fingerprint density at radius 2 is 2.12 bits per heavy atom. The van der Waals surface area contributed by atoms with E-state index in [1.807, 2.05) is 7.05 Å². The molecule has 0 radical (unpaired) electrons. The van der Waals surface area contributed by atoms with E-state index in [9.17, 15) is 0 Å². The Morgan fingerprint density at radius 1 is 1.35 bits per heavy atom. The van der Waals surface area contributed by atoms with Crippen molar-refractivity contribution in [1.82, 2.24) is 15.1 Å². The molecular formula is C13H24N4. The van der Waals surface area contributed by atoms with Gasteiger partial charge in [0.1, 0.15) is 0 Å². The van der Waals surface area contributed by atoms with Crippen molar-refractivity contribution in [3.8, 4) is 6.07 Å². The first kappa shape index (κ1) is 12.8. The number of hydrogen-bond acceptors (Lipinski definition) is 4. The molecule has 0 saturated carbocycles. The van der Waals surface area contributed by atoms with Crippen LogP contribution in [0.25, 0.3) is 0 Å². The highest BCUT2D eigenvalue weighted by molar-refractivity contribution is 4.91. The minimum atomic E-state index is 0.0147. The van der Waals surface area contributed by atoms with Crippen molar-refractivity contribution in [1.29, 1.82) is 5.26 Å². The van der Waals surface area contributed by atoms with Gasteiger partial charge >= 0.3 is 0 Å². The molecule has 2 aliphatic heterocycles. The summed E-state index contributed by atoms with van der Waals surface area (Å²) in [6.45, 7) is 6.08. The Hall–Kier alpha value is -0.630. The fourth-order valence-corrected chi connectivity index (χ4v) is 3.01. The standard InChI is InChI=1S/C13H24N4/c1-15-12(10-14)4-8-16-9-5-13(11-16)17-6-2-3-7-17/h12-13,15H,2-9,11H2,1H3. The molecule has 2 fully saturated rings. The van der Waals surface area contributed by atoms with E-state index in [0.717, 1.165) is 19.0 Å². The minimum absolute atomic E-state index is 0.0147. The lowest BCUT2D eigenvalue weighted by Crippen LogP contribution is -2.36. The quantitative estimate of drug-likeness (QED) is 0.761. The van der Waals surface area contributed by atoms with Crippen LogP contribution in [0, 0.1) is 11.3 Å². The molecule has 0 amide bonds. The molecule has 0 aromatic carbocycles. The van der Waals surface area contributed by atoms with Crippen LogP contribution in [0.1, 0.15) is 25.7 Å². The van der Waals surface area contributed by atoms with E-state index in [-0.39, 0.29) is 6.04 Å². The van der Waals surface area contributed by atoms with E-state index in [0.29, 0.717) is 0 Å². The van der Waals surface area contributed by atoms with Crippen LogP contribution >= 0.6 is 0 Å². The average Bonchev–Trinajstić information content (AvgIpc) is 3.01. The second kappa shape index (κ2) is 6.34. The maximum atomic E-state index is 8.89.